The lowest BCUT2D eigenvalue weighted by Gasteiger charge is -2.22. The van der Waals surface area contributed by atoms with Crippen molar-refractivity contribution in [2.75, 3.05) is 6.61 Å². The Hall–Kier alpha value is -2.32. The van der Waals surface area contributed by atoms with Gasteiger partial charge in [0.2, 0.25) is 0 Å². The highest BCUT2D eigenvalue weighted by Gasteiger charge is 2.27. The summed E-state index contributed by atoms with van der Waals surface area (Å²) in [4.78, 5) is 5.17. The van der Waals surface area contributed by atoms with E-state index in [1.165, 1.54) is 0 Å². The molecule has 126 valence electrons. The van der Waals surface area contributed by atoms with Gasteiger partial charge in [0.25, 0.3) is 0 Å². The highest BCUT2D eigenvalue weighted by Crippen LogP contribution is 2.30. The Morgan fingerprint density at radius 2 is 1.96 bits per heavy atom. The molecule has 0 aliphatic heterocycles. The predicted molar refractivity (Wildman–Crippen MR) is 96.2 cm³/mol. The molecule has 0 N–H and O–H groups in total. The molecule has 0 radical (unpaired) electrons. The number of halogens is 1. The molecular formula is C18H21ClN4O. The van der Waals surface area contributed by atoms with E-state index in [-0.39, 0.29) is 5.54 Å². The number of benzene rings is 1. The van der Waals surface area contributed by atoms with E-state index in [1.54, 1.807) is 12.1 Å². The first-order chi connectivity index (χ1) is 11.3. The van der Waals surface area contributed by atoms with Gasteiger partial charge in [-0.2, -0.15) is 10.4 Å². The van der Waals surface area contributed by atoms with Crippen molar-refractivity contribution in [2.45, 2.75) is 40.2 Å². The zero-order valence-corrected chi connectivity index (χ0v) is 15.3. The lowest BCUT2D eigenvalue weighted by Crippen LogP contribution is -2.27. The second kappa shape index (κ2) is 7.06. The van der Waals surface area contributed by atoms with Crippen molar-refractivity contribution in [3.05, 3.63) is 40.5 Å². The number of nitrogens with zero attached hydrogens (tertiary/aromatic N) is 4. The van der Waals surface area contributed by atoms with Gasteiger partial charge in [-0.3, -0.25) is 4.68 Å². The molecule has 5 nitrogen and oxygen atoms in total. The molecule has 0 saturated carbocycles. The van der Waals surface area contributed by atoms with Crippen LogP contribution in [0.15, 0.2) is 29.4 Å². The van der Waals surface area contributed by atoms with Crippen LogP contribution in [-0.4, -0.2) is 22.1 Å². The van der Waals surface area contributed by atoms with Gasteiger partial charge in [-0.1, -0.05) is 28.9 Å². The summed E-state index contributed by atoms with van der Waals surface area (Å²) in [6.45, 7) is 10.2. The van der Waals surface area contributed by atoms with Crippen molar-refractivity contribution in [3.63, 3.8) is 0 Å². The Bertz CT molecular complexity index is 792. The van der Waals surface area contributed by atoms with E-state index in [0.29, 0.717) is 34.3 Å². The summed E-state index contributed by atoms with van der Waals surface area (Å²) in [5.41, 5.74) is 2.91. The van der Waals surface area contributed by atoms with Crippen LogP contribution < -0.4 is 0 Å². The van der Waals surface area contributed by atoms with Gasteiger partial charge in [-0.05, 0) is 46.8 Å². The van der Waals surface area contributed by atoms with Gasteiger partial charge in [0.1, 0.15) is 35.3 Å². The second-order valence-electron chi connectivity index (χ2n) is 6.37. The Morgan fingerprint density at radius 3 is 2.46 bits per heavy atom. The summed E-state index contributed by atoms with van der Waals surface area (Å²) < 4.78 is 1.83. The lowest BCUT2D eigenvalue weighted by atomic mass is 10.0. The highest BCUT2D eigenvalue weighted by molar-refractivity contribution is 6.30. The summed E-state index contributed by atoms with van der Waals surface area (Å²) >= 11 is 5.96. The van der Waals surface area contributed by atoms with Gasteiger partial charge >= 0.3 is 0 Å². The minimum atomic E-state index is -0.311. The normalized spacial score (nSPS) is 12.1. The third kappa shape index (κ3) is 3.60. The number of rotatable bonds is 4. The maximum Gasteiger partial charge on any atom is 0.114 e. The molecule has 1 aromatic heterocycles. The van der Waals surface area contributed by atoms with Crippen molar-refractivity contribution in [1.29, 1.82) is 5.26 Å². The first-order valence-corrected chi connectivity index (χ1v) is 8.13. The van der Waals surface area contributed by atoms with Gasteiger partial charge in [0.05, 0.1) is 5.54 Å². The van der Waals surface area contributed by atoms with Crippen LogP contribution in [0.5, 0.6) is 0 Å². The highest BCUT2D eigenvalue weighted by atomic mass is 35.5. The van der Waals surface area contributed by atoms with E-state index < -0.39 is 0 Å². The molecule has 2 aromatic rings. The van der Waals surface area contributed by atoms with Crippen molar-refractivity contribution in [3.8, 4) is 17.3 Å². The fraction of sp³-hybridized carbons (Fsp3) is 0.389. The van der Waals surface area contributed by atoms with Crippen LogP contribution in [-0.2, 0) is 10.4 Å². The first-order valence-electron chi connectivity index (χ1n) is 7.76. The fourth-order valence-electron chi connectivity index (χ4n) is 2.36. The second-order valence-corrected chi connectivity index (χ2v) is 6.80. The molecule has 0 bridgehead atoms. The van der Waals surface area contributed by atoms with Crippen molar-refractivity contribution >= 4 is 17.3 Å². The summed E-state index contributed by atoms with van der Waals surface area (Å²) in [7, 11) is 0. The molecule has 0 atom stereocenters. The van der Waals surface area contributed by atoms with Crippen molar-refractivity contribution < 1.29 is 4.84 Å². The SMILES string of the molecule is CCO/N=C(\C)c1c(C#N)c(-c2ccc(Cl)cc2)nn1C(C)(C)C. The number of aromatic nitrogens is 2. The zero-order valence-electron chi connectivity index (χ0n) is 14.6. The van der Waals surface area contributed by atoms with E-state index in [0.717, 1.165) is 5.56 Å². The van der Waals surface area contributed by atoms with E-state index in [4.69, 9.17) is 21.5 Å². The molecule has 0 fully saturated rings. The molecule has 0 aliphatic rings. The molecule has 0 unspecified atom stereocenters. The largest absolute Gasteiger partial charge is 0.396 e. The molecule has 1 aromatic carbocycles. The Balaban J connectivity index is 2.73. The Morgan fingerprint density at radius 1 is 1.33 bits per heavy atom. The van der Waals surface area contributed by atoms with Crippen LogP contribution in [0.3, 0.4) is 0 Å². The average Bonchev–Trinajstić information content (AvgIpc) is 2.93. The van der Waals surface area contributed by atoms with Crippen LogP contribution in [0, 0.1) is 11.3 Å². The molecule has 24 heavy (non-hydrogen) atoms. The molecule has 0 spiro atoms. The summed E-state index contributed by atoms with van der Waals surface area (Å²) in [5.74, 6) is 0. The first kappa shape index (κ1) is 18.0. The number of nitriles is 1. The Labute approximate surface area is 147 Å². The van der Waals surface area contributed by atoms with Gasteiger partial charge in [-0.15, -0.1) is 0 Å². The third-order valence-electron chi connectivity index (χ3n) is 3.42. The summed E-state index contributed by atoms with van der Waals surface area (Å²) in [5, 5.41) is 19.2. The van der Waals surface area contributed by atoms with Crippen LogP contribution in [0.1, 0.15) is 45.9 Å². The van der Waals surface area contributed by atoms with Crippen molar-refractivity contribution in [1.82, 2.24) is 9.78 Å². The van der Waals surface area contributed by atoms with Gasteiger partial charge in [0.15, 0.2) is 0 Å². The third-order valence-corrected chi connectivity index (χ3v) is 3.68. The van der Waals surface area contributed by atoms with Crippen LogP contribution in [0.25, 0.3) is 11.3 Å². The number of hydrogen-bond acceptors (Lipinski definition) is 4. The smallest absolute Gasteiger partial charge is 0.114 e. The molecule has 0 amide bonds. The monoisotopic (exact) mass is 344 g/mol. The Kier molecular flexibility index (Phi) is 5.30. The minimum Gasteiger partial charge on any atom is -0.396 e. The van der Waals surface area contributed by atoms with E-state index >= 15 is 0 Å². The molecule has 6 heteroatoms. The van der Waals surface area contributed by atoms with E-state index in [1.807, 2.05) is 51.4 Å². The van der Waals surface area contributed by atoms with Crippen LogP contribution >= 0.6 is 11.6 Å². The summed E-state index contributed by atoms with van der Waals surface area (Å²) in [6.07, 6.45) is 0. The standard InChI is InChI=1S/C18H21ClN4O/c1-6-24-22-12(2)17-15(11-20)16(21-23(17)18(3,4)5)13-7-9-14(19)10-8-13/h7-10H,6H2,1-5H3/b22-12+. The minimum absolute atomic E-state index is 0.311. The fourth-order valence-corrected chi connectivity index (χ4v) is 2.48. The maximum absolute atomic E-state index is 9.74. The molecule has 1 heterocycles. The van der Waals surface area contributed by atoms with Crippen LogP contribution in [0.2, 0.25) is 5.02 Å². The van der Waals surface area contributed by atoms with Gasteiger partial charge in [-0.25, -0.2) is 0 Å². The van der Waals surface area contributed by atoms with E-state index in [2.05, 4.69) is 11.2 Å². The quantitative estimate of drug-likeness (QED) is 0.602. The van der Waals surface area contributed by atoms with E-state index in [9.17, 15) is 5.26 Å². The van der Waals surface area contributed by atoms with Gasteiger partial charge < -0.3 is 4.84 Å². The number of oxime groups is 1. The predicted octanol–water partition coefficient (Wildman–Crippen LogP) is 4.59. The molecular weight excluding hydrogens is 324 g/mol. The molecule has 0 saturated heterocycles. The maximum atomic E-state index is 9.74. The molecule has 2 rings (SSSR count). The average molecular weight is 345 g/mol. The topological polar surface area (TPSA) is 63.2 Å². The van der Waals surface area contributed by atoms with Gasteiger partial charge in [0, 0.05) is 10.6 Å². The number of hydrogen-bond donors (Lipinski definition) is 0. The molecule has 0 aliphatic carbocycles. The zero-order chi connectivity index (χ0) is 17.9. The summed E-state index contributed by atoms with van der Waals surface area (Å²) in [6, 6.07) is 9.56. The van der Waals surface area contributed by atoms with Crippen LogP contribution in [0.4, 0.5) is 0 Å². The van der Waals surface area contributed by atoms with Crippen molar-refractivity contribution in [2.24, 2.45) is 5.16 Å². The lowest BCUT2D eigenvalue weighted by molar-refractivity contribution is 0.158.